The van der Waals surface area contributed by atoms with Crippen LogP contribution in [0.5, 0.6) is 5.75 Å². The number of fused-ring (bicyclic) bond motifs is 3. The number of benzene rings is 1. The van der Waals surface area contributed by atoms with Gasteiger partial charge in [0.1, 0.15) is 34.5 Å². The highest BCUT2D eigenvalue weighted by atomic mass is 16.3. The second-order valence-electron chi connectivity index (χ2n) is 10.6. The third kappa shape index (κ3) is 3.01. The highest BCUT2D eigenvalue weighted by Crippen LogP contribution is 2.60. The Morgan fingerprint density at radius 2 is 1.78 bits per heavy atom. The summed E-state index contributed by atoms with van der Waals surface area (Å²) in [6.45, 7) is 0. The topological polar surface area (TPSA) is 276 Å². The predicted molar refractivity (Wildman–Crippen MR) is 142 cm³/mol. The van der Waals surface area contributed by atoms with Gasteiger partial charge in [-0.05, 0) is 43.9 Å². The van der Waals surface area contributed by atoms with Crippen LogP contribution >= 0.6 is 0 Å². The summed E-state index contributed by atoms with van der Waals surface area (Å²) in [4.78, 5) is 45.7. The molecule has 6 atom stereocenters. The lowest BCUT2D eigenvalue weighted by atomic mass is 9.45. The van der Waals surface area contributed by atoms with Crippen LogP contribution in [0.2, 0.25) is 0 Å². The highest BCUT2D eigenvalue weighted by Gasteiger charge is 2.79. The van der Waals surface area contributed by atoms with Gasteiger partial charge < -0.3 is 43.4 Å². The summed E-state index contributed by atoms with van der Waals surface area (Å²) in [6.07, 6.45) is -0.822. The number of hydrogen-bond donors (Lipinski definition) is 8. The molecule has 1 fully saturated rings. The van der Waals surface area contributed by atoms with Crippen molar-refractivity contribution in [2.45, 2.75) is 29.3 Å². The number of ketones is 2. The van der Waals surface area contributed by atoms with Gasteiger partial charge in [-0.1, -0.05) is 6.07 Å². The second kappa shape index (κ2) is 8.67. The number of nitrogens with zero attached hydrogens (tertiary/aromatic N) is 3. The van der Waals surface area contributed by atoms with E-state index in [0.717, 1.165) is 4.90 Å². The quantitative estimate of drug-likeness (QED) is 0.196. The summed E-state index contributed by atoms with van der Waals surface area (Å²) < 4.78 is 0. The first-order valence-electron chi connectivity index (χ1n) is 12.3. The van der Waals surface area contributed by atoms with Gasteiger partial charge in [0.25, 0.3) is 5.91 Å². The number of pyridine rings is 1. The van der Waals surface area contributed by atoms with E-state index in [4.69, 9.17) is 22.9 Å². The summed E-state index contributed by atoms with van der Waals surface area (Å²) in [6, 6.07) is 5.79. The average Bonchev–Trinajstić information content (AvgIpc) is 2.91. The zero-order chi connectivity index (χ0) is 30.4. The first-order valence-corrected chi connectivity index (χ1v) is 12.3. The van der Waals surface area contributed by atoms with E-state index >= 15 is 0 Å². The largest absolute Gasteiger partial charge is 0.509 e. The number of phenolic OH excluding ortho intramolecular Hbond substituents is 1. The predicted octanol–water partition coefficient (Wildman–Crippen LogP) is -1.60. The number of hydrogen-bond acceptors (Lipinski definition) is 13. The summed E-state index contributed by atoms with van der Waals surface area (Å²) in [7, 11) is 2.66. The van der Waals surface area contributed by atoms with Crippen LogP contribution in [0.25, 0.3) is 17.0 Å². The van der Waals surface area contributed by atoms with Crippen LogP contribution in [-0.2, 0) is 14.4 Å². The van der Waals surface area contributed by atoms with E-state index in [1.807, 2.05) is 0 Å². The monoisotopic (exact) mass is 561 g/mol. The normalized spacial score (nSPS) is 32.8. The smallest absolute Gasteiger partial charge is 0.255 e. The Kier molecular flexibility index (Phi) is 5.90. The van der Waals surface area contributed by atoms with E-state index < -0.39 is 80.6 Å². The molecule has 212 valence electrons. The van der Waals surface area contributed by atoms with E-state index in [1.165, 1.54) is 32.4 Å². The first-order chi connectivity index (χ1) is 19.1. The average molecular weight is 562 g/mol. The Balaban J connectivity index is 1.95. The maximum atomic E-state index is 14.5. The molecule has 0 unspecified atom stereocenters. The van der Waals surface area contributed by atoms with Crippen molar-refractivity contribution in [3.8, 4) is 23.1 Å². The maximum Gasteiger partial charge on any atom is 0.255 e. The standard InChI is InChI=1S/C27H27N7O7/c1-34(2)20-18(37)15(23(30)40)21(38)25(9-28)22(39)16-17(36)14-12(35)7-6-10(11-5-3-4-8-33-11)13(14)19(29)26(16,31)24(41)27(20,25)32/h3-8,19-20,24,35-36,38,41H,29,31-32H2,1-2H3,(H2,30,40)/t19-,20+,24-,25-,26+,27-/m0/s1. The fourth-order valence-corrected chi connectivity index (χ4v) is 6.67. The number of likely N-dealkylation sites (N-methyl/N-ethyl adjacent to an activating group) is 1. The lowest BCUT2D eigenvalue weighted by molar-refractivity contribution is -0.153. The molecule has 1 aromatic heterocycles. The van der Waals surface area contributed by atoms with E-state index in [-0.39, 0.29) is 16.7 Å². The van der Waals surface area contributed by atoms with Crippen LogP contribution in [0.3, 0.4) is 0 Å². The number of phenols is 1. The minimum Gasteiger partial charge on any atom is -0.509 e. The number of aromatic nitrogens is 1. The van der Waals surface area contributed by atoms with Crippen LogP contribution in [0.15, 0.2) is 53.4 Å². The van der Waals surface area contributed by atoms with Crippen LogP contribution in [0, 0.1) is 16.7 Å². The summed E-state index contributed by atoms with van der Waals surface area (Å²) >= 11 is 0. The lowest BCUT2D eigenvalue weighted by Crippen LogP contribution is -2.87. The van der Waals surface area contributed by atoms with Gasteiger partial charge in [-0.15, -0.1) is 0 Å². The number of carbonyl (C=O) groups is 3. The van der Waals surface area contributed by atoms with Crippen molar-refractivity contribution in [2.24, 2.45) is 28.3 Å². The Bertz CT molecular complexity index is 1660. The molecule has 14 heteroatoms. The molecule has 3 aliphatic carbocycles. The molecule has 0 aliphatic heterocycles. The molecule has 3 aliphatic rings. The number of aliphatic hydroxyl groups is 3. The van der Waals surface area contributed by atoms with Crippen molar-refractivity contribution < 1.29 is 34.8 Å². The maximum absolute atomic E-state index is 14.5. The third-order valence-corrected chi connectivity index (χ3v) is 8.49. The van der Waals surface area contributed by atoms with Crippen molar-refractivity contribution >= 4 is 23.2 Å². The minimum absolute atomic E-state index is 0.00603. The molecule has 1 aromatic carbocycles. The van der Waals surface area contributed by atoms with Crippen molar-refractivity contribution in [1.82, 2.24) is 9.88 Å². The van der Waals surface area contributed by atoms with Gasteiger partial charge in [-0.2, -0.15) is 5.26 Å². The molecule has 0 spiro atoms. The van der Waals surface area contributed by atoms with E-state index in [2.05, 4.69) is 4.98 Å². The molecule has 14 nitrogen and oxygen atoms in total. The highest BCUT2D eigenvalue weighted by molar-refractivity contribution is 6.26. The molecule has 5 rings (SSSR count). The lowest BCUT2D eigenvalue weighted by Gasteiger charge is -2.62. The fraction of sp³-hybridized carbons (Fsp3) is 0.296. The third-order valence-electron chi connectivity index (χ3n) is 8.49. The Morgan fingerprint density at radius 3 is 2.32 bits per heavy atom. The number of carbonyl (C=O) groups excluding carboxylic acids is 3. The van der Waals surface area contributed by atoms with Gasteiger partial charge in [0, 0.05) is 11.8 Å². The molecule has 0 radical (unpaired) electrons. The van der Waals surface area contributed by atoms with Gasteiger partial charge in [0.15, 0.2) is 17.0 Å². The summed E-state index contributed by atoms with van der Waals surface area (Å²) in [5.74, 6) is -6.93. The number of aliphatic hydroxyl groups excluding tert-OH is 3. The van der Waals surface area contributed by atoms with E-state index in [9.17, 15) is 40.1 Å². The number of nitriles is 1. The molecule has 0 saturated heterocycles. The first kappa shape index (κ1) is 27.9. The van der Waals surface area contributed by atoms with Crippen molar-refractivity contribution in [3.05, 3.63) is 64.6 Å². The van der Waals surface area contributed by atoms with Crippen LogP contribution in [-0.4, -0.2) is 85.1 Å². The van der Waals surface area contributed by atoms with E-state index in [0.29, 0.717) is 5.69 Å². The van der Waals surface area contributed by atoms with Gasteiger partial charge >= 0.3 is 0 Å². The van der Waals surface area contributed by atoms with Gasteiger partial charge in [-0.3, -0.25) is 24.3 Å². The Morgan fingerprint density at radius 1 is 1.12 bits per heavy atom. The van der Waals surface area contributed by atoms with Gasteiger partial charge in [-0.25, -0.2) is 0 Å². The molecular formula is C27H27N7O7. The number of nitrogens with two attached hydrogens (primary N) is 4. The van der Waals surface area contributed by atoms with Gasteiger partial charge in [0.05, 0.1) is 40.5 Å². The summed E-state index contributed by atoms with van der Waals surface area (Å²) in [5, 5.41) is 56.2. The van der Waals surface area contributed by atoms with Crippen LogP contribution in [0.1, 0.15) is 17.2 Å². The fourth-order valence-electron chi connectivity index (χ4n) is 6.67. The molecule has 12 N–H and O–H groups in total. The number of aromatic hydroxyl groups is 1. The van der Waals surface area contributed by atoms with Crippen LogP contribution in [0.4, 0.5) is 0 Å². The second-order valence-corrected chi connectivity index (χ2v) is 10.6. The Hall–Kier alpha value is -4.65. The van der Waals surface area contributed by atoms with Gasteiger partial charge in [0.2, 0.25) is 0 Å². The van der Waals surface area contributed by atoms with Crippen LogP contribution < -0.4 is 22.9 Å². The van der Waals surface area contributed by atoms with Crippen molar-refractivity contribution in [2.75, 3.05) is 14.1 Å². The summed E-state index contributed by atoms with van der Waals surface area (Å²) in [5.41, 5.74) is 15.6. The molecule has 1 amide bonds. The van der Waals surface area contributed by atoms with E-state index in [1.54, 1.807) is 24.3 Å². The molecule has 0 bridgehead atoms. The Labute approximate surface area is 232 Å². The molecule has 2 aromatic rings. The SMILES string of the molecule is CN(C)[C@@H]1C(=O)C(C(N)=O)=C(O)[C@@]2(C#N)C(=O)C3=C(O)c4c(O)ccc(-c5ccccn5)c4[C@H](N)[C@@]3(N)[C@H](O)[C@@]12N. The molecular weight excluding hydrogens is 534 g/mol. The van der Waals surface area contributed by atoms with Crippen molar-refractivity contribution in [1.29, 1.82) is 5.26 Å². The zero-order valence-electron chi connectivity index (χ0n) is 21.9. The van der Waals surface area contributed by atoms with Crippen molar-refractivity contribution in [3.63, 3.8) is 0 Å². The number of Topliss-reactive ketones (excluding diaryl/α,β-unsaturated/α-hetero) is 2. The molecule has 1 heterocycles. The number of rotatable bonds is 3. The minimum atomic E-state index is -3.04. The zero-order valence-corrected chi connectivity index (χ0v) is 21.9. The molecule has 41 heavy (non-hydrogen) atoms. The number of primary amides is 1. The molecule has 1 saturated carbocycles. The number of amides is 1.